The molecule has 14 heavy (non-hydrogen) atoms. The van der Waals surface area contributed by atoms with Crippen molar-refractivity contribution in [3.05, 3.63) is 0 Å². The van der Waals surface area contributed by atoms with Gasteiger partial charge in [-0.1, -0.05) is 19.8 Å². The highest BCUT2D eigenvalue weighted by Crippen LogP contribution is 2.03. The molecule has 0 fully saturated rings. The monoisotopic (exact) mass is 237 g/mol. The number of hydrogen-bond acceptors (Lipinski definition) is 2. The van der Waals surface area contributed by atoms with Gasteiger partial charge in [-0.2, -0.15) is 0 Å². The van der Waals surface area contributed by atoms with Gasteiger partial charge in [-0.25, -0.2) is 13.1 Å². The van der Waals surface area contributed by atoms with E-state index in [0.29, 0.717) is 12.3 Å². The Hall–Kier alpha value is -0.240. The third-order valence-electron chi connectivity index (χ3n) is 1.70. The van der Waals surface area contributed by atoms with E-state index in [4.69, 9.17) is 18.0 Å². The highest BCUT2D eigenvalue weighted by Gasteiger charge is 2.17. The molecule has 0 aromatic rings. The van der Waals surface area contributed by atoms with Crippen molar-refractivity contribution in [2.75, 3.05) is 11.6 Å². The van der Waals surface area contributed by atoms with Crippen LogP contribution in [0.25, 0.3) is 0 Å². The molecule has 0 amide bonds. The summed E-state index contributed by atoms with van der Waals surface area (Å²) in [4.78, 5) is 0. The Kier molecular flexibility index (Phi) is 6.17. The lowest BCUT2D eigenvalue weighted by Crippen LogP contribution is -2.36. The van der Waals surface area contributed by atoms with Crippen molar-refractivity contribution in [3.63, 3.8) is 0 Å². The van der Waals surface area contributed by atoms with Crippen LogP contribution in [0.1, 0.15) is 20.3 Å². The van der Waals surface area contributed by atoms with E-state index in [9.17, 15) is 8.42 Å². The Morgan fingerprint density at radius 2 is 2.14 bits per heavy atom. The third kappa shape index (κ3) is 5.48. The lowest BCUT2D eigenvalue weighted by molar-refractivity contribution is 0.558. The van der Waals surface area contributed by atoms with E-state index in [2.05, 4.69) is 10.6 Å². The molecule has 2 atom stereocenters. The number of hydrogen-bond donors (Lipinski definition) is 1. The van der Waals surface area contributed by atoms with Crippen LogP contribution in [0.4, 0.5) is 0 Å². The van der Waals surface area contributed by atoms with Gasteiger partial charge >= 0.3 is 0 Å². The summed E-state index contributed by atoms with van der Waals surface area (Å²) in [5, 5.41) is 0. The van der Waals surface area contributed by atoms with Crippen LogP contribution in [0.15, 0.2) is 0 Å². The molecule has 0 heterocycles. The molecule has 0 rings (SSSR count). The Bertz CT molecular complexity index is 294. The zero-order chi connectivity index (χ0) is 11.2. The van der Waals surface area contributed by atoms with Gasteiger partial charge in [0.05, 0.1) is 11.8 Å². The molecular weight excluding hydrogens is 222 g/mol. The van der Waals surface area contributed by atoms with Gasteiger partial charge in [0.2, 0.25) is 10.0 Å². The van der Waals surface area contributed by atoms with Gasteiger partial charge in [0.1, 0.15) is 0 Å². The second kappa shape index (κ2) is 6.28. The minimum absolute atomic E-state index is 0.0225. The van der Waals surface area contributed by atoms with Crippen LogP contribution in [0, 0.1) is 18.3 Å². The molecule has 0 saturated heterocycles. The predicted molar refractivity (Wildman–Crippen MR) is 59.7 cm³/mol. The van der Waals surface area contributed by atoms with Crippen LogP contribution in [0.2, 0.25) is 0 Å². The summed E-state index contributed by atoms with van der Waals surface area (Å²) in [6.45, 7) is 3.61. The van der Waals surface area contributed by atoms with Crippen molar-refractivity contribution in [1.82, 2.24) is 4.72 Å². The van der Waals surface area contributed by atoms with E-state index < -0.39 is 16.1 Å². The summed E-state index contributed by atoms with van der Waals surface area (Å²) < 4.78 is 25.4. The summed E-state index contributed by atoms with van der Waals surface area (Å²) in [5.41, 5.74) is 0. The van der Waals surface area contributed by atoms with Gasteiger partial charge in [0.15, 0.2) is 0 Å². The fourth-order valence-corrected chi connectivity index (χ4v) is 2.79. The summed E-state index contributed by atoms with van der Waals surface area (Å²) in [6.07, 6.45) is 5.74. The molecule has 0 aliphatic heterocycles. The zero-order valence-electron chi connectivity index (χ0n) is 8.46. The van der Waals surface area contributed by atoms with Crippen molar-refractivity contribution < 1.29 is 8.42 Å². The predicted octanol–water partition coefficient (Wildman–Crippen LogP) is 1.19. The third-order valence-corrected chi connectivity index (χ3v) is 3.88. The van der Waals surface area contributed by atoms with Crippen LogP contribution >= 0.6 is 11.6 Å². The summed E-state index contributed by atoms with van der Waals surface area (Å²) in [7, 11) is -3.29. The first-order chi connectivity index (χ1) is 6.45. The smallest absolute Gasteiger partial charge is 0.212 e. The summed E-state index contributed by atoms with van der Waals surface area (Å²) >= 11 is 5.53. The van der Waals surface area contributed by atoms with Crippen molar-refractivity contribution in [3.8, 4) is 12.3 Å². The first kappa shape index (κ1) is 13.8. The van der Waals surface area contributed by atoms with Crippen molar-refractivity contribution in [2.45, 2.75) is 26.3 Å². The topological polar surface area (TPSA) is 46.2 Å². The highest BCUT2D eigenvalue weighted by molar-refractivity contribution is 7.89. The standard InChI is InChI=1S/C9H16ClNO2S/c1-4-9(5-2)11-14(12,13)7-8(3)6-10/h1,8-9,11H,5-7H2,2-3H3. The summed E-state index contributed by atoms with van der Waals surface area (Å²) in [5.74, 6) is 2.66. The number of halogens is 1. The molecule has 5 heteroatoms. The molecule has 0 aliphatic rings. The van der Waals surface area contributed by atoms with Crippen molar-refractivity contribution in [1.29, 1.82) is 0 Å². The zero-order valence-corrected chi connectivity index (χ0v) is 10.0. The fourth-order valence-electron chi connectivity index (χ4n) is 0.919. The van der Waals surface area contributed by atoms with Gasteiger partial charge in [-0.05, 0) is 12.3 Å². The van der Waals surface area contributed by atoms with Gasteiger partial charge in [-0.15, -0.1) is 18.0 Å². The fraction of sp³-hybridized carbons (Fsp3) is 0.778. The number of nitrogens with one attached hydrogen (secondary N) is 1. The van der Waals surface area contributed by atoms with Crippen molar-refractivity contribution >= 4 is 21.6 Å². The molecule has 82 valence electrons. The lowest BCUT2D eigenvalue weighted by Gasteiger charge is -2.13. The number of sulfonamides is 1. The van der Waals surface area contributed by atoms with Gasteiger partial charge in [0.25, 0.3) is 0 Å². The second-order valence-electron chi connectivity index (χ2n) is 3.29. The van der Waals surface area contributed by atoms with E-state index in [0.717, 1.165) is 0 Å². The normalized spacial score (nSPS) is 15.9. The van der Waals surface area contributed by atoms with E-state index in [-0.39, 0.29) is 11.7 Å². The van der Waals surface area contributed by atoms with Crippen molar-refractivity contribution in [2.24, 2.45) is 5.92 Å². The van der Waals surface area contributed by atoms with Gasteiger partial charge < -0.3 is 0 Å². The Morgan fingerprint density at radius 1 is 1.57 bits per heavy atom. The van der Waals surface area contributed by atoms with E-state index in [1.165, 1.54) is 0 Å². The molecular formula is C9H16ClNO2S. The largest absolute Gasteiger partial charge is 0.212 e. The van der Waals surface area contributed by atoms with Crippen LogP contribution < -0.4 is 4.72 Å². The van der Waals surface area contributed by atoms with Crippen LogP contribution in [-0.4, -0.2) is 26.1 Å². The summed E-state index contributed by atoms with van der Waals surface area (Å²) in [6, 6.07) is -0.414. The Morgan fingerprint density at radius 3 is 2.50 bits per heavy atom. The molecule has 0 aromatic heterocycles. The van der Waals surface area contributed by atoms with E-state index in [1.807, 2.05) is 6.92 Å². The Labute approximate surface area is 91.3 Å². The number of terminal acetylenes is 1. The van der Waals surface area contributed by atoms with Gasteiger partial charge in [0, 0.05) is 5.88 Å². The Balaban J connectivity index is 4.29. The van der Waals surface area contributed by atoms with E-state index in [1.54, 1.807) is 6.92 Å². The van der Waals surface area contributed by atoms with Gasteiger partial charge in [-0.3, -0.25) is 0 Å². The lowest BCUT2D eigenvalue weighted by atomic mass is 10.3. The quantitative estimate of drug-likeness (QED) is 0.557. The molecule has 0 spiro atoms. The molecule has 0 aliphatic carbocycles. The SMILES string of the molecule is C#CC(CC)NS(=O)(=O)CC(C)CCl. The average molecular weight is 238 g/mol. The van der Waals surface area contributed by atoms with Crippen LogP contribution in [-0.2, 0) is 10.0 Å². The maximum atomic E-state index is 11.5. The molecule has 1 N–H and O–H groups in total. The molecule has 0 saturated carbocycles. The number of rotatable bonds is 6. The maximum Gasteiger partial charge on any atom is 0.212 e. The minimum Gasteiger partial charge on any atom is -0.212 e. The molecule has 2 unspecified atom stereocenters. The molecule has 0 bridgehead atoms. The first-order valence-electron chi connectivity index (χ1n) is 4.47. The molecule has 3 nitrogen and oxygen atoms in total. The molecule has 0 aromatic carbocycles. The average Bonchev–Trinajstić information content (AvgIpc) is 2.13. The first-order valence-corrected chi connectivity index (χ1v) is 6.66. The minimum atomic E-state index is -3.29. The van der Waals surface area contributed by atoms with Crippen LogP contribution in [0.5, 0.6) is 0 Å². The highest BCUT2D eigenvalue weighted by atomic mass is 35.5. The van der Waals surface area contributed by atoms with Crippen LogP contribution in [0.3, 0.4) is 0 Å². The maximum absolute atomic E-state index is 11.5. The second-order valence-corrected chi connectivity index (χ2v) is 5.39. The molecule has 0 radical (unpaired) electrons. The van der Waals surface area contributed by atoms with E-state index >= 15 is 0 Å². The number of alkyl halides is 1.